The van der Waals surface area contributed by atoms with Crippen molar-refractivity contribution in [2.45, 2.75) is 32.9 Å². The number of nitrogens with zero attached hydrogens (tertiary/aromatic N) is 1. The SMILES string of the molecule is CCCOc1ccc(C2c3c(oc4ccc(C)cc4c3=O)C(=O)N2Cc2ccc3c(c2)OCO3)cc1. The number of carbonyl (C=O) groups excluding carboxylic acids is 1. The lowest BCUT2D eigenvalue weighted by atomic mass is 9.97. The molecule has 4 aromatic rings. The Balaban J connectivity index is 1.47. The first-order chi connectivity index (χ1) is 17.5. The fourth-order valence-electron chi connectivity index (χ4n) is 4.85. The molecule has 2 aliphatic rings. The number of hydrogen-bond acceptors (Lipinski definition) is 6. The first kappa shape index (κ1) is 22.2. The molecule has 0 spiro atoms. The summed E-state index contributed by atoms with van der Waals surface area (Å²) in [6.45, 7) is 5.04. The lowest BCUT2D eigenvalue weighted by Crippen LogP contribution is -2.29. The summed E-state index contributed by atoms with van der Waals surface area (Å²) in [5.41, 5.74) is 3.20. The standard InChI is InChI=1S/C29H25NO6/c1-3-12-33-20-8-6-19(7-9-20)26-25-27(31)21-13-17(2)4-10-22(21)36-28(25)29(32)30(26)15-18-5-11-23-24(14-18)35-16-34-23/h4-11,13-14,26H,3,12,15-16H2,1-2H3. The van der Waals surface area contributed by atoms with E-state index in [-0.39, 0.29) is 30.4 Å². The predicted molar refractivity (Wildman–Crippen MR) is 134 cm³/mol. The average Bonchev–Trinajstić information content (AvgIpc) is 3.46. The van der Waals surface area contributed by atoms with Crippen LogP contribution in [0.3, 0.4) is 0 Å². The summed E-state index contributed by atoms with van der Waals surface area (Å²) in [5.74, 6) is 1.83. The summed E-state index contributed by atoms with van der Waals surface area (Å²) in [4.78, 5) is 29.1. The largest absolute Gasteiger partial charge is 0.494 e. The maximum absolute atomic E-state index is 13.8. The summed E-state index contributed by atoms with van der Waals surface area (Å²) in [6.07, 6.45) is 0.906. The highest BCUT2D eigenvalue weighted by Gasteiger charge is 2.42. The van der Waals surface area contributed by atoms with Crippen molar-refractivity contribution in [3.63, 3.8) is 0 Å². The molecule has 0 aliphatic carbocycles. The zero-order chi connectivity index (χ0) is 24.8. The molecule has 7 nitrogen and oxygen atoms in total. The molecule has 7 heteroatoms. The second-order valence-electron chi connectivity index (χ2n) is 9.11. The summed E-state index contributed by atoms with van der Waals surface area (Å²) >= 11 is 0. The Labute approximate surface area is 207 Å². The monoisotopic (exact) mass is 483 g/mol. The molecule has 1 aromatic heterocycles. The average molecular weight is 484 g/mol. The fourth-order valence-corrected chi connectivity index (χ4v) is 4.85. The Bertz CT molecular complexity index is 1540. The van der Waals surface area contributed by atoms with Crippen molar-refractivity contribution >= 4 is 16.9 Å². The molecule has 3 aromatic carbocycles. The van der Waals surface area contributed by atoms with Gasteiger partial charge in [-0.05, 0) is 60.9 Å². The van der Waals surface area contributed by atoms with E-state index >= 15 is 0 Å². The van der Waals surface area contributed by atoms with E-state index in [1.54, 1.807) is 11.0 Å². The number of hydrogen-bond donors (Lipinski definition) is 0. The minimum Gasteiger partial charge on any atom is -0.494 e. The molecule has 2 aliphatic heterocycles. The molecule has 0 saturated heterocycles. The van der Waals surface area contributed by atoms with Gasteiger partial charge in [0, 0.05) is 6.54 Å². The van der Waals surface area contributed by atoms with Crippen molar-refractivity contribution in [1.29, 1.82) is 0 Å². The van der Waals surface area contributed by atoms with Crippen molar-refractivity contribution < 1.29 is 23.4 Å². The minimum atomic E-state index is -0.598. The van der Waals surface area contributed by atoms with Gasteiger partial charge in [-0.25, -0.2) is 0 Å². The minimum absolute atomic E-state index is 0.0911. The second-order valence-corrected chi connectivity index (χ2v) is 9.11. The van der Waals surface area contributed by atoms with E-state index in [4.69, 9.17) is 18.6 Å². The lowest BCUT2D eigenvalue weighted by Gasteiger charge is -2.25. The third kappa shape index (κ3) is 3.68. The second kappa shape index (κ2) is 8.75. The molecule has 182 valence electrons. The predicted octanol–water partition coefficient (Wildman–Crippen LogP) is 5.36. The zero-order valence-corrected chi connectivity index (χ0v) is 20.1. The third-order valence-corrected chi connectivity index (χ3v) is 6.58. The van der Waals surface area contributed by atoms with Crippen LogP contribution in [-0.4, -0.2) is 24.2 Å². The highest BCUT2D eigenvalue weighted by molar-refractivity contribution is 5.99. The van der Waals surface area contributed by atoms with Gasteiger partial charge in [0.25, 0.3) is 5.91 Å². The number of ether oxygens (including phenoxy) is 3. The molecular formula is C29H25NO6. The van der Waals surface area contributed by atoms with Crippen molar-refractivity contribution in [2.75, 3.05) is 13.4 Å². The molecule has 0 N–H and O–H groups in total. The molecular weight excluding hydrogens is 458 g/mol. The molecule has 0 saturated carbocycles. The molecule has 1 atom stereocenters. The van der Waals surface area contributed by atoms with E-state index in [2.05, 4.69) is 6.92 Å². The van der Waals surface area contributed by atoms with Gasteiger partial charge < -0.3 is 23.5 Å². The Morgan fingerprint density at radius 2 is 1.78 bits per heavy atom. The molecule has 1 amide bonds. The smallest absolute Gasteiger partial charge is 0.291 e. The van der Waals surface area contributed by atoms with Gasteiger partial charge in [-0.2, -0.15) is 0 Å². The van der Waals surface area contributed by atoms with Gasteiger partial charge in [-0.15, -0.1) is 0 Å². The van der Waals surface area contributed by atoms with E-state index in [1.807, 2.05) is 61.5 Å². The van der Waals surface area contributed by atoms with Crippen LogP contribution in [0.4, 0.5) is 0 Å². The van der Waals surface area contributed by atoms with Crippen LogP contribution < -0.4 is 19.6 Å². The molecule has 1 unspecified atom stereocenters. The highest BCUT2D eigenvalue weighted by Crippen LogP contribution is 2.41. The number of carbonyl (C=O) groups is 1. The van der Waals surface area contributed by atoms with E-state index in [0.717, 1.165) is 28.9 Å². The molecule has 36 heavy (non-hydrogen) atoms. The summed E-state index contributed by atoms with van der Waals surface area (Å²) in [7, 11) is 0. The Hall–Kier alpha value is -4.26. The van der Waals surface area contributed by atoms with E-state index in [0.29, 0.717) is 34.6 Å². The van der Waals surface area contributed by atoms with Crippen LogP contribution in [0, 0.1) is 6.92 Å². The quantitative estimate of drug-likeness (QED) is 0.367. The van der Waals surface area contributed by atoms with Crippen molar-refractivity contribution in [3.8, 4) is 17.2 Å². The lowest BCUT2D eigenvalue weighted by molar-refractivity contribution is 0.0714. The Morgan fingerprint density at radius 3 is 2.58 bits per heavy atom. The number of aryl methyl sites for hydroxylation is 1. The number of benzene rings is 3. The van der Waals surface area contributed by atoms with Gasteiger partial charge in [-0.3, -0.25) is 9.59 Å². The van der Waals surface area contributed by atoms with Crippen LogP contribution in [-0.2, 0) is 6.54 Å². The Kier molecular flexibility index (Phi) is 5.40. The van der Waals surface area contributed by atoms with Crippen molar-refractivity contribution in [3.05, 3.63) is 98.9 Å². The topological polar surface area (TPSA) is 78.2 Å². The van der Waals surface area contributed by atoms with Gasteiger partial charge in [0.1, 0.15) is 11.3 Å². The van der Waals surface area contributed by atoms with Gasteiger partial charge >= 0.3 is 0 Å². The van der Waals surface area contributed by atoms with Crippen LogP contribution in [0.15, 0.2) is 69.9 Å². The molecule has 3 heterocycles. The normalized spacial score (nSPS) is 16.0. The van der Waals surface area contributed by atoms with Crippen LogP contribution in [0.1, 0.15) is 52.2 Å². The van der Waals surface area contributed by atoms with Crippen LogP contribution in [0.25, 0.3) is 11.0 Å². The fraction of sp³-hybridized carbons (Fsp3) is 0.241. The first-order valence-electron chi connectivity index (χ1n) is 12.0. The van der Waals surface area contributed by atoms with Crippen molar-refractivity contribution in [1.82, 2.24) is 4.90 Å². The molecule has 6 rings (SSSR count). The van der Waals surface area contributed by atoms with Crippen LogP contribution >= 0.6 is 0 Å². The van der Waals surface area contributed by atoms with Crippen molar-refractivity contribution in [2.24, 2.45) is 0 Å². The van der Waals surface area contributed by atoms with Crippen LogP contribution in [0.2, 0.25) is 0 Å². The number of rotatable bonds is 6. The first-order valence-corrected chi connectivity index (χ1v) is 12.0. The maximum atomic E-state index is 13.8. The third-order valence-electron chi connectivity index (χ3n) is 6.58. The molecule has 0 radical (unpaired) electrons. The summed E-state index contributed by atoms with van der Waals surface area (Å²) in [6, 6.07) is 18.0. The number of fused-ring (bicyclic) bond motifs is 3. The maximum Gasteiger partial charge on any atom is 0.291 e. The Morgan fingerprint density at radius 1 is 0.972 bits per heavy atom. The van der Waals surface area contributed by atoms with E-state index in [1.165, 1.54) is 0 Å². The van der Waals surface area contributed by atoms with Crippen LogP contribution in [0.5, 0.6) is 17.2 Å². The van der Waals surface area contributed by atoms with E-state index in [9.17, 15) is 9.59 Å². The van der Waals surface area contributed by atoms with Gasteiger partial charge in [0.2, 0.25) is 12.6 Å². The molecule has 0 bridgehead atoms. The van der Waals surface area contributed by atoms with Gasteiger partial charge in [-0.1, -0.05) is 36.8 Å². The molecule has 0 fully saturated rings. The van der Waals surface area contributed by atoms with Gasteiger partial charge in [0.15, 0.2) is 16.9 Å². The van der Waals surface area contributed by atoms with Gasteiger partial charge in [0.05, 0.1) is 23.6 Å². The summed E-state index contributed by atoms with van der Waals surface area (Å²) < 4.78 is 22.7. The number of amides is 1. The summed E-state index contributed by atoms with van der Waals surface area (Å²) in [5, 5.41) is 0.472. The van der Waals surface area contributed by atoms with E-state index < -0.39 is 6.04 Å². The zero-order valence-electron chi connectivity index (χ0n) is 20.1. The highest BCUT2D eigenvalue weighted by atomic mass is 16.7.